The molecule has 2 rings (SSSR count). The third kappa shape index (κ3) is 2.90. The number of nitrogens with zero attached hydrogens (tertiary/aromatic N) is 1. The van der Waals surface area contributed by atoms with Crippen LogP contribution < -0.4 is 10.9 Å². The SMILES string of the molecule is O=C(Nc1ncccc1I)c1ccc(=O)[nH]c1. The van der Waals surface area contributed by atoms with E-state index in [0.29, 0.717) is 11.4 Å². The molecule has 0 aliphatic carbocycles. The van der Waals surface area contributed by atoms with Crippen LogP contribution in [0, 0.1) is 3.57 Å². The molecule has 0 aromatic carbocycles. The van der Waals surface area contributed by atoms with Gasteiger partial charge in [0.05, 0.1) is 9.13 Å². The molecule has 0 unspecified atom stereocenters. The third-order valence-electron chi connectivity index (χ3n) is 2.04. The topological polar surface area (TPSA) is 74.8 Å². The number of aromatic amines is 1. The molecule has 1 amide bonds. The molecule has 0 atom stereocenters. The fourth-order valence-electron chi connectivity index (χ4n) is 1.21. The standard InChI is InChI=1S/C11H8IN3O2/c12-8-2-1-5-13-10(8)15-11(17)7-3-4-9(16)14-6-7/h1-6H,(H,14,16)(H,13,15,17). The molecule has 17 heavy (non-hydrogen) atoms. The number of anilines is 1. The van der Waals surface area contributed by atoms with Gasteiger partial charge in [-0.1, -0.05) is 0 Å². The maximum absolute atomic E-state index is 11.8. The fraction of sp³-hybridized carbons (Fsp3) is 0. The molecule has 86 valence electrons. The van der Waals surface area contributed by atoms with Gasteiger partial charge in [-0.25, -0.2) is 4.98 Å². The molecule has 0 saturated heterocycles. The third-order valence-corrected chi connectivity index (χ3v) is 2.91. The van der Waals surface area contributed by atoms with E-state index >= 15 is 0 Å². The van der Waals surface area contributed by atoms with Crippen molar-refractivity contribution in [3.05, 3.63) is 56.1 Å². The number of carbonyl (C=O) groups excluding carboxylic acids is 1. The maximum Gasteiger partial charge on any atom is 0.258 e. The van der Waals surface area contributed by atoms with E-state index < -0.39 is 0 Å². The van der Waals surface area contributed by atoms with Crippen molar-refractivity contribution in [1.82, 2.24) is 9.97 Å². The van der Waals surface area contributed by atoms with Crippen LogP contribution >= 0.6 is 22.6 Å². The summed E-state index contributed by atoms with van der Waals surface area (Å²) >= 11 is 2.08. The predicted molar refractivity (Wildman–Crippen MR) is 72.0 cm³/mol. The predicted octanol–water partition coefficient (Wildman–Crippen LogP) is 1.63. The van der Waals surface area contributed by atoms with Crippen LogP contribution in [0.25, 0.3) is 0 Å². The summed E-state index contributed by atoms with van der Waals surface area (Å²) in [6.07, 6.45) is 2.97. The van der Waals surface area contributed by atoms with Crippen molar-refractivity contribution in [2.75, 3.05) is 5.32 Å². The van der Waals surface area contributed by atoms with Gasteiger partial charge in [0.1, 0.15) is 5.82 Å². The Morgan fingerprint density at radius 1 is 1.35 bits per heavy atom. The van der Waals surface area contributed by atoms with Crippen LogP contribution in [0.1, 0.15) is 10.4 Å². The van der Waals surface area contributed by atoms with Gasteiger partial charge in [-0.05, 0) is 40.8 Å². The summed E-state index contributed by atoms with van der Waals surface area (Å²) < 4.78 is 0.850. The van der Waals surface area contributed by atoms with Crippen molar-refractivity contribution in [1.29, 1.82) is 0 Å². The second kappa shape index (κ2) is 5.09. The van der Waals surface area contributed by atoms with E-state index in [1.807, 2.05) is 6.07 Å². The molecule has 2 N–H and O–H groups in total. The van der Waals surface area contributed by atoms with E-state index in [9.17, 15) is 9.59 Å². The Balaban J connectivity index is 2.20. The fourth-order valence-corrected chi connectivity index (χ4v) is 1.69. The zero-order valence-electron chi connectivity index (χ0n) is 8.61. The van der Waals surface area contributed by atoms with Gasteiger partial charge in [-0.15, -0.1) is 0 Å². The van der Waals surface area contributed by atoms with E-state index in [4.69, 9.17) is 0 Å². The first kappa shape index (κ1) is 11.8. The normalized spacial score (nSPS) is 9.94. The average Bonchev–Trinajstić information content (AvgIpc) is 2.33. The molecule has 0 fully saturated rings. The number of aromatic nitrogens is 2. The maximum atomic E-state index is 11.8. The van der Waals surface area contributed by atoms with E-state index in [-0.39, 0.29) is 11.5 Å². The number of halogens is 1. The quantitative estimate of drug-likeness (QED) is 0.816. The number of amides is 1. The van der Waals surface area contributed by atoms with Crippen LogP contribution in [0.4, 0.5) is 5.82 Å². The Morgan fingerprint density at radius 3 is 2.82 bits per heavy atom. The summed E-state index contributed by atoms with van der Waals surface area (Å²) in [5.41, 5.74) is 0.139. The van der Waals surface area contributed by atoms with Gasteiger partial charge in [0.25, 0.3) is 5.91 Å². The summed E-state index contributed by atoms with van der Waals surface area (Å²) in [6, 6.07) is 6.40. The lowest BCUT2D eigenvalue weighted by Gasteiger charge is -2.05. The van der Waals surface area contributed by atoms with Crippen LogP contribution in [0.3, 0.4) is 0 Å². The minimum atomic E-state index is -0.308. The number of hydrogen-bond donors (Lipinski definition) is 2. The molecule has 0 aliphatic heterocycles. The molecule has 0 radical (unpaired) electrons. The zero-order valence-corrected chi connectivity index (χ0v) is 10.8. The first-order valence-corrected chi connectivity index (χ1v) is 5.85. The average molecular weight is 341 g/mol. The molecular weight excluding hydrogens is 333 g/mol. The number of nitrogens with one attached hydrogen (secondary N) is 2. The minimum absolute atomic E-state index is 0.242. The highest BCUT2D eigenvalue weighted by molar-refractivity contribution is 14.1. The smallest absolute Gasteiger partial charge is 0.258 e. The van der Waals surface area contributed by atoms with Crippen LogP contribution in [-0.4, -0.2) is 15.9 Å². The van der Waals surface area contributed by atoms with Gasteiger partial charge >= 0.3 is 0 Å². The van der Waals surface area contributed by atoms with E-state index in [1.165, 1.54) is 18.3 Å². The van der Waals surface area contributed by atoms with Crippen molar-refractivity contribution in [2.45, 2.75) is 0 Å². The van der Waals surface area contributed by atoms with Crippen molar-refractivity contribution >= 4 is 34.3 Å². The van der Waals surface area contributed by atoms with E-state index in [2.05, 4.69) is 37.9 Å². The Hall–Kier alpha value is -1.70. The molecule has 5 nitrogen and oxygen atoms in total. The van der Waals surface area contributed by atoms with Crippen molar-refractivity contribution in [2.24, 2.45) is 0 Å². The lowest BCUT2D eigenvalue weighted by Crippen LogP contribution is -2.15. The van der Waals surface area contributed by atoms with Crippen molar-refractivity contribution in [3.8, 4) is 0 Å². The van der Waals surface area contributed by atoms with Gasteiger partial charge in [0, 0.05) is 18.5 Å². The summed E-state index contributed by atoms with van der Waals surface area (Å²) in [7, 11) is 0. The molecule has 0 bridgehead atoms. The summed E-state index contributed by atoms with van der Waals surface area (Å²) in [5.74, 6) is 0.196. The number of hydrogen-bond acceptors (Lipinski definition) is 3. The first-order valence-electron chi connectivity index (χ1n) is 4.77. The van der Waals surface area contributed by atoms with Crippen LogP contribution in [0.15, 0.2) is 41.5 Å². The minimum Gasteiger partial charge on any atom is -0.328 e. The van der Waals surface area contributed by atoms with Gasteiger partial charge in [-0.3, -0.25) is 9.59 Å². The highest BCUT2D eigenvalue weighted by atomic mass is 127. The van der Waals surface area contributed by atoms with Crippen molar-refractivity contribution in [3.63, 3.8) is 0 Å². The molecule has 2 aromatic rings. The number of carbonyl (C=O) groups is 1. The van der Waals surface area contributed by atoms with Crippen LogP contribution in [-0.2, 0) is 0 Å². The molecule has 2 aromatic heterocycles. The zero-order chi connectivity index (χ0) is 12.3. The Labute approximate surface area is 110 Å². The van der Waals surface area contributed by atoms with Gasteiger partial charge < -0.3 is 10.3 Å². The highest BCUT2D eigenvalue weighted by Gasteiger charge is 2.08. The molecule has 2 heterocycles. The summed E-state index contributed by atoms with van der Waals surface area (Å²) in [6.45, 7) is 0. The second-order valence-electron chi connectivity index (χ2n) is 3.23. The van der Waals surface area contributed by atoms with Gasteiger partial charge in [0.15, 0.2) is 0 Å². The lowest BCUT2D eigenvalue weighted by molar-refractivity contribution is 0.102. The highest BCUT2D eigenvalue weighted by Crippen LogP contribution is 2.14. The summed E-state index contributed by atoms with van der Waals surface area (Å²) in [5, 5.41) is 2.67. The number of pyridine rings is 2. The largest absolute Gasteiger partial charge is 0.328 e. The lowest BCUT2D eigenvalue weighted by atomic mass is 10.2. The molecular formula is C11H8IN3O2. The molecule has 6 heteroatoms. The van der Waals surface area contributed by atoms with Gasteiger partial charge in [0.2, 0.25) is 5.56 Å². The Bertz CT molecular complexity index is 589. The number of H-pyrrole nitrogens is 1. The van der Waals surface area contributed by atoms with E-state index in [0.717, 1.165) is 3.57 Å². The van der Waals surface area contributed by atoms with E-state index in [1.54, 1.807) is 12.3 Å². The first-order chi connectivity index (χ1) is 8.16. The molecule has 0 spiro atoms. The Morgan fingerprint density at radius 2 is 2.18 bits per heavy atom. The molecule has 0 aliphatic rings. The van der Waals surface area contributed by atoms with Crippen LogP contribution in [0.2, 0.25) is 0 Å². The van der Waals surface area contributed by atoms with Gasteiger partial charge in [-0.2, -0.15) is 0 Å². The summed E-state index contributed by atoms with van der Waals surface area (Å²) in [4.78, 5) is 29.1. The second-order valence-corrected chi connectivity index (χ2v) is 4.39. The molecule has 0 saturated carbocycles. The van der Waals surface area contributed by atoms with Crippen molar-refractivity contribution < 1.29 is 4.79 Å². The Kier molecular flexibility index (Phi) is 3.52. The number of rotatable bonds is 2. The van der Waals surface area contributed by atoms with Crippen LogP contribution in [0.5, 0.6) is 0 Å². The monoisotopic (exact) mass is 341 g/mol.